The second-order valence-corrected chi connectivity index (χ2v) is 6.19. The molecule has 0 fully saturated rings. The molecule has 2 N–H and O–H groups in total. The molecule has 0 unspecified atom stereocenters. The number of rotatable bonds is 5. The van der Waals surface area contributed by atoms with Crippen LogP contribution in [-0.2, 0) is 19.1 Å². The number of benzene rings is 2. The van der Waals surface area contributed by atoms with Crippen LogP contribution in [0.15, 0.2) is 48.5 Å². The van der Waals surface area contributed by atoms with Crippen molar-refractivity contribution in [2.45, 2.75) is 6.42 Å². The molecule has 10 heteroatoms. The number of hydrazine groups is 1. The highest BCUT2D eigenvalue weighted by atomic mass is 19.1. The van der Waals surface area contributed by atoms with Crippen molar-refractivity contribution in [1.29, 1.82) is 0 Å². The normalized spacial score (nSPS) is 12.8. The zero-order valence-corrected chi connectivity index (χ0v) is 15.7. The number of carbonyl (C=O) groups is 4. The highest BCUT2D eigenvalue weighted by Crippen LogP contribution is 2.30. The van der Waals surface area contributed by atoms with E-state index in [9.17, 15) is 23.6 Å². The summed E-state index contributed by atoms with van der Waals surface area (Å²) in [5.74, 6) is -3.13. The number of amides is 3. The van der Waals surface area contributed by atoms with Crippen LogP contribution in [0.25, 0.3) is 0 Å². The number of para-hydroxylation sites is 2. The summed E-state index contributed by atoms with van der Waals surface area (Å²) in [4.78, 5) is 49.2. The fourth-order valence-electron chi connectivity index (χ4n) is 2.69. The van der Waals surface area contributed by atoms with Gasteiger partial charge in [0.15, 0.2) is 6.61 Å². The minimum absolute atomic E-state index is 0.0878. The number of esters is 1. The summed E-state index contributed by atoms with van der Waals surface area (Å²) >= 11 is 0. The molecule has 0 aromatic heterocycles. The van der Waals surface area contributed by atoms with Gasteiger partial charge in [-0.2, -0.15) is 0 Å². The van der Waals surface area contributed by atoms with Crippen LogP contribution < -0.4 is 20.5 Å². The van der Waals surface area contributed by atoms with Crippen LogP contribution in [0.1, 0.15) is 16.8 Å². The molecule has 1 aliphatic rings. The van der Waals surface area contributed by atoms with Crippen LogP contribution in [0.5, 0.6) is 5.75 Å². The van der Waals surface area contributed by atoms with Crippen molar-refractivity contribution in [2.24, 2.45) is 0 Å². The standard InChI is InChI=1S/C20H18FN3O6/c21-14-6-2-1-5-13(14)20(28)23-22-17(25)12-30-19(27)11-24-15-7-3-4-8-16(15)29-10-9-18(24)26/h1-8H,9-12H2,(H,22,25)(H,23,28). The summed E-state index contributed by atoms with van der Waals surface area (Å²) in [6, 6.07) is 12.0. The van der Waals surface area contributed by atoms with Gasteiger partial charge in [0.25, 0.3) is 11.8 Å². The van der Waals surface area contributed by atoms with Crippen molar-refractivity contribution in [3.63, 3.8) is 0 Å². The molecule has 0 radical (unpaired) electrons. The van der Waals surface area contributed by atoms with Gasteiger partial charge in [0.05, 0.1) is 24.3 Å². The molecule has 0 saturated carbocycles. The van der Waals surface area contributed by atoms with E-state index in [0.29, 0.717) is 11.4 Å². The Morgan fingerprint density at radius 1 is 1.07 bits per heavy atom. The lowest BCUT2D eigenvalue weighted by Crippen LogP contribution is -2.44. The SMILES string of the molecule is O=C(COC(=O)CN1C(=O)CCOc2ccccc21)NNC(=O)c1ccccc1F. The van der Waals surface area contributed by atoms with Gasteiger partial charge in [-0.3, -0.25) is 34.9 Å². The number of nitrogens with zero attached hydrogens (tertiary/aromatic N) is 1. The second kappa shape index (κ2) is 9.50. The molecule has 0 aliphatic carbocycles. The molecule has 156 valence electrons. The molecule has 0 saturated heterocycles. The maximum Gasteiger partial charge on any atom is 0.326 e. The summed E-state index contributed by atoms with van der Waals surface area (Å²) < 4.78 is 23.9. The summed E-state index contributed by atoms with van der Waals surface area (Å²) in [6.45, 7) is -0.920. The first-order chi connectivity index (χ1) is 14.5. The van der Waals surface area contributed by atoms with Gasteiger partial charge in [0.2, 0.25) is 5.91 Å². The van der Waals surface area contributed by atoms with E-state index in [4.69, 9.17) is 9.47 Å². The molecule has 0 spiro atoms. The van der Waals surface area contributed by atoms with E-state index < -0.39 is 36.8 Å². The Labute approximate surface area is 170 Å². The van der Waals surface area contributed by atoms with E-state index in [1.807, 2.05) is 10.9 Å². The quantitative estimate of drug-likeness (QED) is 0.555. The monoisotopic (exact) mass is 415 g/mol. The molecular formula is C20H18FN3O6. The number of fused-ring (bicyclic) bond motifs is 1. The topological polar surface area (TPSA) is 114 Å². The fourth-order valence-corrected chi connectivity index (χ4v) is 2.69. The van der Waals surface area contributed by atoms with Gasteiger partial charge in [-0.05, 0) is 24.3 Å². The number of carbonyl (C=O) groups excluding carboxylic acids is 4. The molecule has 3 amide bonds. The fraction of sp³-hybridized carbons (Fsp3) is 0.200. The molecule has 0 atom stereocenters. The van der Waals surface area contributed by atoms with Crippen molar-refractivity contribution in [3.05, 3.63) is 59.9 Å². The first-order valence-corrected chi connectivity index (χ1v) is 8.97. The van der Waals surface area contributed by atoms with Gasteiger partial charge in [-0.15, -0.1) is 0 Å². The number of hydrogen-bond donors (Lipinski definition) is 2. The van der Waals surface area contributed by atoms with Crippen LogP contribution in [0.3, 0.4) is 0 Å². The van der Waals surface area contributed by atoms with Gasteiger partial charge in [0, 0.05) is 0 Å². The van der Waals surface area contributed by atoms with E-state index in [2.05, 4.69) is 0 Å². The van der Waals surface area contributed by atoms with Crippen LogP contribution in [0.2, 0.25) is 0 Å². The lowest BCUT2D eigenvalue weighted by Gasteiger charge is -2.20. The average Bonchev–Trinajstić information content (AvgIpc) is 2.90. The van der Waals surface area contributed by atoms with Crippen LogP contribution in [-0.4, -0.2) is 43.4 Å². The Morgan fingerprint density at radius 3 is 2.60 bits per heavy atom. The average molecular weight is 415 g/mol. The van der Waals surface area contributed by atoms with Crippen molar-refractivity contribution in [1.82, 2.24) is 10.9 Å². The molecule has 30 heavy (non-hydrogen) atoms. The predicted octanol–water partition coefficient (Wildman–Crippen LogP) is 0.946. The highest BCUT2D eigenvalue weighted by Gasteiger charge is 2.25. The third-order valence-corrected chi connectivity index (χ3v) is 4.12. The number of ether oxygens (including phenoxy) is 2. The van der Waals surface area contributed by atoms with Crippen molar-refractivity contribution in [3.8, 4) is 5.75 Å². The molecule has 1 heterocycles. The number of hydrogen-bond acceptors (Lipinski definition) is 6. The minimum atomic E-state index is -0.862. The summed E-state index contributed by atoms with van der Waals surface area (Å²) in [6.07, 6.45) is 0.0878. The second-order valence-electron chi connectivity index (χ2n) is 6.19. The van der Waals surface area contributed by atoms with Gasteiger partial charge in [-0.1, -0.05) is 24.3 Å². The van der Waals surface area contributed by atoms with E-state index in [1.54, 1.807) is 24.3 Å². The smallest absolute Gasteiger partial charge is 0.326 e. The van der Waals surface area contributed by atoms with E-state index in [-0.39, 0.29) is 24.5 Å². The van der Waals surface area contributed by atoms with Gasteiger partial charge >= 0.3 is 5.97 Å². The molecule has 3 rings (SSSR count). The molecule has 9 nitrogen and oxygen atoms in total. The Kier molecular flexibility index (Phi) is 6.58. The lowest BCUT2D eigenvalue weighted by molar-refractivity contribution is -0.147. The molecule has 0 bridgehead atoms. The van der Waals surface area contributed by atoms with Crippen LogP contribution in [0, 0.1) is 5.82 Å². The highest BCUT2D eigenvalue weighted by molar-refractivity contribution is 6.00. The molecular weight excluding hydrogens is 397 g/mol. The maximum absolute atomic E-state index is 13.5. The zero-order valence-electron chi connectivity index (χ0n) is 15.7. The lowest BCUT2D eigenvalue weighted by atomic mass is 10.2. The summed E-state index contributed by atoms with van der Waals surface area (Å²) in [7, 11) is 0. The Balaban J connectivity index is 1.49. The molecule has 1 aliphatic heterocycles. The van der Waals surface area contributed by atoms with E-state index >= 15 is 0 Å². The maximum atomic E-state index is 13.5. The third kappa shape index (κ3) is 5.10. The van der Waals surface area contributed by atoms with Gasteiger partial charge < -0.3 is 9.47 Å². The van der Waals surface area contributed by atoms with Crippen molar-refractivity contribution in [2.75, 3.05) is 24.7 Å². The minimum Gasteiger partial charge on any atom is -0.491 e. The van der Waals surface area contributed by atoms with Gasteiger partial charge in [0.1, 0.15) is 18.1 Å². The zero-order chi connectivity index (χ0) is 21.5. The Morgan fingerprint density at radius 2 is 1.80 bits per heavy atom. The molecule has 2 aromatic rings. The predicted molar refractivity (Wildman–Crippen MR) is 102 cm³/mol. The Bertz CT molecular complexity index is 981. The summed E-state index contributed by atoms with van der Waals surface area (Å²) in [5, 5.41) is 0. The number of halogens is 1. The third-order valence-electron chi connectivity index (χ3n) is 4.12. The van der Waals surface area contributed by atoms with E-state index in [1.165, 1.54) is 23.1 Å². The molecule has 2 aromatic carbocycles. The van der Waals surface area contributed by atoms with E-state index in [0.717, 1.165) is 6.07 Å². The Hall–Kier alpha value is -3.95. The van der Waals surface area contributed by atoms with Crippen LogP contribution >= 0.6 is 0 Å². The number of anilines is 1. The van der Waals surface area contributed by atoms with Gasteiger partial charge in [-0.25, -0.2) is 4.39 Å². The summed E-state index contributed by atoms with van der Waals surface area (Å²) in [5.41, 5.74) is 4.22. The van der Waals surface area contributed by atoms with Crippen LogP contribution in [0.4, 0.5) is 10.1 Å². The first kappa shape index (κ1) is 20.8. The van der Waals surface area contributed by atoms with Crippen molar-refractivity contribution >= 4 is 29.4 Å². The number of nitrogens with one attached hydrogen (secondary N) is 2. The van der Waals surface area contributed by atoms with Crippen molar-refractivity contribution < 1.29 is 33.0 Å². The first-order valence-electron chi connectivity index (χ1n) is 8.97. The largest absolute Gasteiger partial charge is 0.491 e.